The van der Waals surface area contributed by atoms with Gasteiger partial charge in [-0.3, -0.25) is 0 Å². The smallest absolute Gasteiger partial charge is 0.435 e. The molecule has 0 saturated carbocycles. The first kappa shape index (κ1) is 21.0. The molecule has 1 saturated heterocycles. The molecule has 2 unspecified atom stereocenters. The SMILES string of the molecule is CCC(C(=O)O)n1nc(C(F)(F)F)cc1-c1ccc(OC)c(OC2CCCO2)c1. The van der Waals surface area contributed by atoms with E-state index in [4.69, 9.17) is 14.2 Å². The monoisotopic (exact) mass is 414 g/mol. The van der Waals surface area contributed by atoms with E-state index < -0.39 is 30.2 Å². The lowest BCUT2D eigenvalue weighted by Crippen LogP contribution is -2.21. The van der Waals surface area contributed by atoms with Crippen molar-refractivity contribution < 1.29 is 37.3 Å². The van der Waals surface area contributed by atoms with Gasteiger partial charge in [-0.05, 0) is 37.1 Å². The van der Waals surface area contributed by atoms with Crippen molar-refractivity contribution >= 4 is 5.97 Å². The summed E-state index contributed by atoms with van der Waals surface area (Å²) in [6.07, 6.45) is -3.60. The van der Waals surface area contributed by atoms with Crippen molar-refractivity contribution in [3.8, 4) is 22.8 Å². The Balaban J connectivity index is 2.08. The van der Waals surface area contributed by atoms with E-state index in [2.05, 4.69) is 5.10 Å². The fourth-order valence-electron chi connectivity index (χ4n) is 3.15. The van der Waals surface area contributed by atoms with Gasteiger partial charge in [-0.15, -0.1) is 0 Å². The molecule has 1 aromatic heterocycles. The van der Waals surface area contributed by atoms with E-state index in [1.54, 1.807) is 13.0 Å². The van der Waals surface area contributed by atoms with Crippen molar-refractivity contribution in [1.82, 2.24) is 9.78 Å². The summed E-state index contributed by atoms with van der Waals surface area (Å²) in [6, 6.07) is 4.17. The summed E-state index contributed by atoms with van der Waals surface area (Å²) in [5.74, 6) is -0.590. The van der Waals surface area contributed by atoms with Gasteiger partial charge < -0.3 is 19.3 Å². The lowest BCUT2D eigenvalue weighted by atomic mass is 10.1. The number of alkyl halides is 3. The first-order valence-corrected chi connectivity index (χ1v) is 9.10. The van der Waals surface area contributed by atoms with E-state index in [0.717, 1.165) is 17.2 Å². The van der Waals surface area contributed by atoms with Gasteiger partial charge in [-0.25, -0.2) is 9.48 Å². The molecule has 29 heavy (non-hydrogen) atoms. The first-order valence-electron chi connectivity index (χ1n) is 9.10. The molecular formula is C19H21F3N2O5. The number of aliphatic carboxylic acids is 1. The number of nitrogens with zero attached hydrogens (tertiary/aromatic N) is 2. The van der Waals surface area contributed by atoms with Gasteiger partial charge in [0, 0.05) is 12.0 Å². The van der Waals surface area contributed by atoms with Gasteiger partial charge >= 0.3 is 12.1 Å². The number of methoxy groups -OCH3 is 1. The summed E-state index contributed by atoms with van der Waals surface area (Å²) < 4.78 is 57.1. The van der Waals surface area contributed by atoms with E-state index in [9.17, 15) is 23.1 Å². The number of rotatable bonds is 7. The molecule has 0 amide bonds. The van der Waals surface area contributed by atoms with Crippen LogP contribution in [0.2, 0.25) is 0 Å². The lowest BCUT2D eigenvalue weighted by Gasteiger charge is -2.18. The molecule has 158 valence electrons. The summed E-state index contributed by atoms with van der Waals surface area (Å²) in [5, 5.41) is 13.0. The predicted molar refractivity (Wildman–Crippen MR) is 95.8 cm³/mol. The lowest BCUT2D eigenvalue weighted by molar-refractivity contribution is -0.144. The molecule has 1 N–H and O–H groups in total. The Kier molecular flexibility index (Phi) is 6.02. The summed E-state index contributed by atoms with van der Waals surface area (Å²) in [5.41, 5.74) is -0.822. The predicted octanol–water partition coefficient (Wildman–Crippen LogP) is 4.13. The Morgan fingerprint density at radius 3 is 2.69 bits per heavy atom. The van der Waals surface area contributed by atoms with Gasteiger partial charge in [0.25, 0.3) is 0 Å². The fraction of sp³-hybridized carbons (Fsp3) is 0.474. The molecular weight excluding hydrogens is 393 g/mol. The van der Waals surface area contributed by atoms with Gasteiger partial charge in [0.15, 0.2) is 23.5 Å². The summed E-state index contributed by atoms with van der Waals surface area (Å²) in [4.78, 5) is 11.6. The standard InChI is InChI=1S/C19H21F3N2O5/c1-3-12(18(25)26)24-13(10-16(23-24)19(20,21)22)11-6-7-14(27-2)15(9-11)29-17-5-4-8-28-17/h6-7,9-10,12,17H,3-5,8H2,1-2H3,(H,25,26). The van der Waals surface area contributed by atoms with Crippen molar-refractivity contribution in [3.63, 3.8) is 0 Å². The molecule has 0 spiro atoms. The number of hydrogen-bond donors (Lipinski definition) is 1. The van der Waals surface area contributed by atoms with Crippen molar-refractivity contribution in [3.05, 3.63) is 30.0 Å². The second-order valence-corrected chi connectivity index (χ2v) is 6.55. The van der Waals surface area contributed by atoms with Crippen LogP contribution in [0.5, 0.6) is 11.5 Å². The van der Waals surface area contributed by atoms with Crippen LogP contribution in [0.3, 0.4) is 0 Å². The average Bonchev–Trinajstić information content (AvgIpc) is 3.32. The number of aromatic nitrogens is 2. The highest BCUT2D eigenvalue weighted by atomic mass is 19.4. The van der Waals surface area contributed by atoms with Crippen LogP contribution in [0.1, 0.15) is 37.9 Å². The maximum absolute atomic E-state index is 13.2. The molecule has 1 aliphatic rings. The second kappa shape index (κ2) is 8.32. The molecule has 2 heterocycles. The minimum absolute atomic E-state index is 0.0198. The third-order valence-corrected chi connectivity index (χ3v) is 4.60. The molecule has 2 aromatic rings. The van der Waals surface area contributed by atoms with Crippen LogP contribution in [0, 0.1) is 0 Å². The summed E-state index contributed by atoms with van der Waals surface area (Å²) in [7, 11) is 1.45. The van der Waals surface area contributed by atoms with E-state index in [-0.39, 0.29) is 12.1 Å². The Bertz CT molecular complexity index is 875. The van der Waals surface area contributed by atoms with E-state index >= 15 is 0 Å². The van der Waals surface area contributed by atoms with Gasteiger partial charge in [-0.2, -0.15) is 18.3 Å². The zero-order valence-corrected chi connectivity index (χ0v) is 15.9. The molecule has 0 bridgehead atoms. The highest BCUT2D eigenvalue weighted by Gasteiger charge is 2.37. The highest BCUT2D eigenvalue weighted by molar-refractivity contribution is 5.74. The molecule has 10 heteroatoms. The molecule has 1 fully saturated rings. The number of hydrogen-bond acceptors (Lipinski definition) is 5. The summed E-state index contributed by atoms with van der Waals surface area (Å²) >= 11 is 0. The van der Waals surface area contributed by atoms with Crippen LogP contribution in [-0.2, 0) is 15.7 Å². The number of carbonyl (C=O) groups is 1. The molecule has 2 atom stereocenters. The molecule has 3 rings (SSSR count). The zero-order valence-electron chi connectivity index (χ0n) is 15.9. The topological polar surface area (TPSA) is 82.8 Å². The van der Waals surface area contributed by atoms with Crippen molar-refractivity contribution in [2.45, 2.75) is 44.7 Å². The van der Waals surface area contributed by atoms with Crippen molar-refractivity contribution in [2.75, 3.05) is 13.7 Å². The van der Waals surface area contributed by atoms with Crippen LogP contribution < -0.4 is 9.47 Å². The van der Waals surface area contributed by atoms with Crippen LogP contribution >= 0.6 is 0 Å². The van der Waals surface area contributed by atoms with Gasteiger partial charge in [0.1, 0.15) is 6.04 Å². The Morgan fingerprint density at radius 2 is 2.14 bits per heavy atom. The van der Waals surface area contributed by atoms with E-state index in [0.29, 0.717) is 30.1 Å². The third-order valence-electron chi connectivity index (χ3n) is 4.60. The Morgan fingerprint density at radius 1 is 1.38 bits per heavy atom. The third kappa shape index (κ3) is 4.47. The normalized spacial score (nSPS) is 17.9. The highest BCUT2D eigenvalue weighted by Crippen LogP contribution is 2.38. The number of halogens is 3. The second-order valence-electron chi connectivity index (χ2n) is 6.55. The largest absolute Gasteiger partial charge is 0.493 e. The molecule has 1 aliphatic heterocycles. The minimum atomic E-state index is -4.71. The van der Waals surface area contributed by atoms with Crippen LogP contribution in [0.4, 0.5) is 13.2 Å². The summed E-state index contributed by atoms with van der Waals surface area (Å²) in [6.45, 7) is 2.13. The number of benzene rings is 1. The van der Waals surface area contributed by atoms with Crippen LogP contribution in [0.25, 0.3) is 11.3 Å². The quantitative estimate of drug-likeness (QED) is 0.734. The van der Waals surface area contributed by atoms with Crippen LogP contribution in [0.15, 0.2) is 24.3 Å². The molecule has 0 radical (unpaired) electrons. The zero-order chi connectivity index (χ0) is 21.2. The van der Waals surface area contributed by atoms with Crippen LogP contribution in [-0.4, -0.2) is 40.9 Å². The molecule has 7 nitrogen and oxygen atoms in total. The van der Waals surface area contributed by atoms with Crippen molar-refractivity contribution in [1.29, 1.82) is 0 Å². The van der Waals surface area contributed by atoms with E-state index in [1.165, 1.54) is 19.2 Å². The number of carboxylic acids is 1. The van der Waals surface area contributed by atoms with Gasteiger partial charge in [0.2, 0.25) is 0 Å². The maximum Gasteiger partial charge on any atom is 0.435 e. The number of carboxylic acid groups (broad SMARTS) is 1. The number of ether oxygens (including phenoxy) is 3. The minimum Gasteiger partial charge on any atom is -0.493 e. The Labute approximate surface area is 165 Å². The van der Waals surface area contributed by atoms with Gasteiger partial charge in [0.05, 0.1) is 19.4 Å². The first-order chi connectivity index (χ1) is 13.7. The Hall–Kier alpha value is -2.75. The molecule has 0 aliphatic carbocycles. The fourth-order valence-corrected chi connectivity index (χ4v) is 3.15. The van der Waals surface area contributed by atoms with Crippen molar-refractivity contribution in [2.24, 2.45) is 0 Å². The molecule has 1 aromatic carbocycles. The maximum atomic E-state index is 13.2. The van der Waals surface area contributed by atoms with Gasteiger partial charge in [-0.1, -0.05) is 6.92 Å². The van der Waals surface area contributed by atoms with E-state index in [1.807, 2.05) is 0 Å². The average molecular weight is 414 g/mol.